The molecule has 2 rings (SSSR count). The second-order valence-corrected chi connectivity index (χ2v) is 5.68. The topological polar surface area (TPSA) is 84.6 Å². The highest BCUT2D eigenvalue weighted by molar-refractivity contribution is 14.0. The second kappa shape index (κ2) is 9.80. The van der Waals surface area contributed by atoms with E-state index in [0.29, 0.717) is 6.54 Å². The SMILES string of the molecule is CCNC(=NCc1nnc(C)n1C)N1CCC(C(=O)OC)CC1.I. The molecule has 1 fully saturated rings. The summed E-state index contributed by atoms with van der Waals surface area (Å²) in [6.07, 6.45) is 1.58. The number of hydrogen-bond acceptors (Lipinski definition) is 5. The molecule has 9 heteroatoms. The minimum absolute atomic E-state index is 0. The molecular formula is C15H27IN6O2. The van der Waals surface area contributed by atoms with Crippen LogP contribution in [0.4, 0.5) is 0 Å². The fraction of sp³-hybridized carbons (Fsp3) is 0.733. The fourth-order valence-corrected chi connectivity index (χ4v) is 2.65. The van der Waals surface area contributed by atoms with E-state index in [2.05, 4.69) is 25.4 Å². The number of aromatic nitrogens is 3. The summed E-state index contributed by atoms with van der Waals surface area (Å²) >= 11 is 0. The van der Waals surface area contributed by atoms with E-state index in [1.54, 1.807) is 0 Å². The lowest BCUT2D eigenvalue weighted by Gasteiger charge is -2.33. The molecule has 1 aromatic heterocycles. The fourth-order valence-electron chi connectivity index (χ4n) is 2.65. The monoisotopic (exact) mass is 450 g/mol. The molecule has 0 radical (unpaired) electrons. The van der Waals surface area contributed by atoms with Crippen LogP contribution in [0.2, 0.25) is 0 Å². The van der Waals surface area contributed by atoms with Crippen molar-refractivity contribution >= 4 is 35.9 Å². The average molecular weight is 450 g/mol. The number of aliphatic imine (C=N–C) groups is 1. The maximum absolute atomic E-state index is 11.6. The highest BCUT2D eigenvalue weighted by Crippen LogP contribution is 2.18. The Balaban J connectivity index is 0.00000288. The molecule has 0 spiro atoms. The summed E-state index contributed by atoms with van der Waals surface area (Å²) in [5.41, 5.74) is 0. The van der Waals surface area contributed by atoms with Crippen LogP contribution in [0.5, 0.6) is 0 Å². The average Bonchev–Trinajstić information content (AvgIpc) is 2.90. The molecule has 0 unspecified atom stereocenters. The zero-order chi connectivity index (χ0) is 16.8. The van der Waals surface area contributed by atoms with Gasteiger partial charge in [0.1, 0.15) is 12.4 Å². The molecule has 8 nitrogen and oxygen atoms in total. The first kappa shape index (κ1) is 20.7. The van der Waals surface area contributed by atoms with Gasteiger partial charge in [-0.3, -0.25) is 4.79 Å². The number of carbonyl (C=O) groups excluding carboxylic acids is 1. The van der Waals surface area contributed by atoms with Crippen molar-refractivity contribution in [3.8, 4) is 0 Å². The van der Waals surface area contributed by atoms with E-state index in [-0.39, 0.29) is 35.9 Å². The molecule has 0 atom stereocenters. The molecule has 0 amide bonds. The number of guanidine groups is 1. The van der Waals surface area contributed by atoms with Crippen molar-refractivity contribution in [3.63, 3.8) is 0 Å². The standard InChI is InChI=1S/C15H26N6O2.HI/c1-5-16-15(17-10-13-19-18-11(2)20(13)3)21-8-6-12(7-9-21)14(22)23-4;/h12H,5-10H2,1-4H3,(H,16,17);1H. The van der Waals surface area contributed by atoms with Gasteiger partial charge in [0.05, 0.1) is 13.0 Å². The quantitative estimate of drug-likeness (QED) is 0.320. The number of nitrogens with zero attached hydrogens (tertiary/aromatic N) is 5. The van der Waals surface area contributed by atoms with Crippen molar-refractivity contribution in [1.82, 2.24) is 25.0 Å². The minimum Gasteiger partial charge on any atom is -0.469 e. The van der Waals surface area contributed by atoms with Gasteiger partial charge in [-0.05, 0) is 26.7 Å². The summed E-state index contributed by atoms with van der Waals surface area (Å²) in [6, 6.07) is 0. The minimum atomic E-state index is -0.110. The number of methoxy groups -OCH3 is 1. The molecule has 136 valence electrons. The molecule has 1 saturated heterocycles. The largest absolute Gasteiger partial charge is 0.469 e. The number of likely N-dealkylation sites (tertiary alicyclic amines) is 1. The van der Waals surface area contributed by atoms with Crippen LogP contribution in [0.15, 0.2) is 4.99 Å². The van der Waals surface area contributed by atoms with Crippen LogP contribution in [0.3, 0.4) is 0 Å². The van der Waals surface area contributed by atoms with E-state index in [0.717, 1.165) is 50.1 Å². The molecule has 1 N–H and O–H groups in total. The number of ether oxygens (including phenoxy) is 1. The molecule has 0 aliphatic carbocycles. The van der Waals surface area contributed by atoms with Crippen LogP contribution in [0.25, 0.3) is 0 Å². The van der Waals surface area contributed by atoms with Crippen LogP contribution in [0.1, 0.15) is 31.4 Å². The lowest BCUT2D eigenvalue weighted by molar-refractivity contribution is -0.146. The normalized spacial score (nSPS) is 15.8. The lowest BCUT2D eigenvalue weighted by Crippen LogP contribution is -2.46. The van der Waals surface area contributed by atoms with Crippen molar-refractivity contribution in [2.24, 2.45) is 18.0 Å². The first-order chi connectivity index (χ1) is 11.1. The van der Waals surface area contributed by atoms with Crippen LogP contribution < -0.4 is 5.32 Å². The molecule has 1 aromatic rings. The van der Waals surface area contributed by atoms with Gasteiger partial charge in [0.25, 0.3) is 0 Å². The van der Waals surface area contributed by atoms with Gasteiger partial charge in [-0.25, -0.2) is 4.99 Å². The van der Waals surface area contributed by atoms with Gasteiger partial charge < -0.3 is 19.5 Å². The number of piperidine rings is 1. The van der Waals surface area contributed by atoms with Gasteiger partial charge in [-0.2, -0.15) is 0 Å². The Labute approximate surface area is 160 Å². The maximum Gasteiger partial charge on any atom is 0.308 e. The van der Waals surface area contributed by atoms with Crippen molar-refractivity contribution in [2.75, 3.05) is 26.7 Å². The van der Waals surface area contributed by atoms with E-state index in [1.165, 1.54) is 7.11 Å². The van der Waals surface area contributed by atoms with Crippen molar-refractivity contribution < 1.29 is 9.53 Å². The van der Waals surface area contributed by atoms with Gasteiger partial charge in [0, 0.05) is 26.7 Å². The van der Waals surface area contributed by atoms with Crippen LogP contribution in [0, 0.1) is 12.8 Å². The zero-order valence-corrected chi connectivity index (χ0v) is 17.1. The third-order valence-corrected chi connectivity index (χ3v) is 4.22. The summed E-state index contributed by atoms with van der Waals surface area (Å²) in [4.78, 5) is 18.5. The number of aryl methyl sites for hydroxylation is 1. The molecule has 0 bridgehead atoms. The molecule has 1 aliphatic rings. The summed E-state index contributed by atoms with van der Waals surface area (Å²) < 4.78 is 6.77. The first-order valence-corrected chi connectivity index (χ1v) is 8.02. The van der Waals surface area contributed by atoms with Gasteiger partial charge in [0.15, 0.2) is 11.8 Å². The predicted molar refractivity (Wildman–Crippen MR) is 102 cm³/mol. The van der Waals surface area contributed by atoms with Gasteiger partial charge in [-0.15, -0.1) is 34.2 Å². The van der Waals surface area contributed by atoms with E-state index >= 15 is 0 Å². The van der Waals surface area contributed by atoms with E-state index in [9.17, 15) is 4.79 Å². The summed E-state index contributed by atoms with van der Waals surface area (Å²) in [5.74, 6) is 2.46. The molecule has 24 heavy (non-hydrogen) atoms. The molecule has 2 heterocycles. The predicted octanol–water partition coefficient (Wildman–Crippen LogP) is 1.09. The van der Waals surface area contributed by atoms with Gasteiger partial charge >= 0.3 is 5.97 Å². The molecular weight excluding hydrogens is 423 g/mol. The van der Waals surface area contributed by atoms with Gasteiger partial charge in [-0.1, -0.05) is 0 Å². The number of hydrogen-bond donors (Lipinski definition) is 1. The first-order valence-electron chi connectivity index (χ1n) is 8.02. The van der Waals surface area contributed by atoms with Crippen molar-refractivity contribution in [2.45, 2.75) is 33.2 Å². The smallest absolute Gasteiger partial charge is 0.308 e. The van der Waals surface area contributed by atoms with Crippen LogP contribution in [-0.4, -0.2) is 58.3 Å². The highest BCUT2D eigenvalue weighted by Gasteiger charge is 2.27. The number of nitrogens with one attached hydrogen (secondary N) is 1. The third-order valence-electron chi connectivity index (χ3n) is 4.22. The number of rotatable bonds is 4. The lowest BCUT2D eigenvalue weighted by atomic mass is 9.97. The Morgan fingerprint density at radius 1 is 1.38 bits per heavy atom. The van der Waals surface area contributed by atoms with E-state index < -0.39 is 0 Å². The summed E-state index contributed by atoms with van der Waals surface area (Å²) in [7, 11) is 3.39. The third kappa shape index (κ3) is 5.05. The molecule has 0 saturated carbocycles. The Morgan fingerprint density at radius 2 is 2.04 bits per heavy atom. The molecule has 1 aliphatic heterocycles. The Hall–Kier alpha value is -1.39. The maximum atomic E-state index is 11.6. The van der Waals surface area contributed by atoms with E-state index in [4.69, 9.17) is 4.74 Å². The summed E-state index contributed by atoms with van der Waals surface area (Å²) in [5, 5.41) is 11.5. The van der Waals surface area contributed by atoms with Crippen molar-refractivity contribution in [1.29, 1.82) is 0 Å². The zero-order valence-electron chi connectivity index (χ0n) is 14.8. The summed E-state index contributed by atoms with van der Waals surface area (Å²) in [6.45, 7) is 6.84. The van der Waals surface area contributed by atoms with Crippen molar-refractivity contribution in [3.05, 3.63) is 11.6 Å². The second-order valence-electron chi connectivity index (χ2n) is 5.68. The number of esters is 1. The Bertz CT molecular complexity index is 566. The van der Waals surface area contributed by atoms with Crippen LogP contribution >= 0.6 is 24.0 Å². The number of carbonyl (C=O) groups is 1. The molecule has 0 aromatic carbocycles. The van der Waals surface area contributed by atoms with Gasteiger partial charge in [0.2, 0.25) is 0 Å². The van der Waals surface area contributed by atoms with Crippen LogP contribution in [-0.2, 0) is 23.1 Å². The van der Waals surface area contributed by atoms with E-state index in [1.807, 2.05) is 25.5 Å². The Morgan fingerprint density at radius 3 is 2.54 bits per heavy atom. The number of halogens is 1. The highest BCUT2D eigenvalue weighted by atomic mass is 127. The Kier molecular flexibility index (Phi) is 8.43.